The van der Waals surface area contributed by atoms with Gasteiger partial charge in [0.1, 0.15) is 5.82 Å². The van der Waals surface area contributed by atoms with E-state index in [9.17, 15) is 9.90 Å². The van der Waals surface area contributed by atoms with Crippen molar-refractivity contribution in [2.24, 2.45) is 5.92 Å². The van der Waals surface area contributed by atoms with E-state index in [2.05, 4.69) is 27.6 Å². The normalized spacial score (nSPS) is 17.2. The Morgan fingerprint density at radius 3 is 3.04 bits per heavy atom. The molecule has 0 aliphatic heterocycles. The number of amides is 1. The van der Waals surface area contributed by atoms with Gasteiger partial charge in [-0.15, -0.1) is 0 Å². The van der Waals surface area contributed by atoms with Crippen LogP contribution in [-0.2, 0) is 11.3 Å². The van der Waals surface area contributed by atoms with E-state index in [1.54, 1.807) is 17.1 Å². The van der Waals surface area contributed by atoms with Gasteiger partial charge in [0, 0.05) is 29.9 Å². The summed E-state index contributed by atoms with van der Waals surface area (Å²) >= 11 is 0. The second-order valence-corrected chi connectivity index (χ2v) is 5.57. The zero-order valence-corrected chi connectivity index (χ0v) is 12.9. The molecule has 1 aliphatic carbocycles. The van der Waals surface area contributed by atoms with Crippen molar-refractivity contribution >= 4 is 11.7 Å². The number of pyridine rings is 1. The minimum atomic E-state index is -0.0385. The van der Waals surface area contributed by atoms with Crippen molar-refractivity contribution in [1.82, 2.24) is 14.8 Å². The van der Waals surface area contributed by atoms with Gasteiger partial charge < -0.3 is 10.4 Å². The first-order chi connectivity index (χ1) is 11.3. The number of rotatable bonds is 5. The summed E-state index contributed by atoms with van der Waals surface area (Å²) in [6.07, 6.45) is 10.2. The zero-order chi connectivity index (χ0) is 16.1. The first kappa shape index (κ1) is 15.4. The molecule has 1 aliphatic rings. The summed E-state index contributed by atoms with van der Waals surface area (Å²) < 4.78 is 1.62. The Bertz CT molecular complexity index is 694. The summed E-state index contributed by atoms with van der Waals surface area (Å²) in [5.74, 6) is 0.614. The zero-order valence-electron chi connectivity index (χ0n) is 12.9. The summed E-state index contributed by atoms with van der Waals surface area (Å²) in [5, 5.41) is 16.6. The van der Waals surface area contributed by atoms with E-state index in [-0.39, 0.29) is 18.4 Å². The van der Waals surface area contributed by atoms with Crippen LogP contribution in [-0.4, -0.2) is 32.4 Å². The van der Waals surface area contributed by atoms with Gasteiger partial charge in [-0.25, -0.2) is 4.68 Å². The molecule has 1 unspecified atom stereocenters. The molecule has 3 rings (SSSR count). The van der Waals surface area contributed by atoms with Crippen LogP contribution in [0.2, 0.25) is 0 Å². The van der Waals surface area contributed by atoms with E-state index in [1.165, 1.54) is 0 Å². The molecule has 2 heterocycles. The van der Waals surface area contributed by atoms with Crippen molar-refractivity contribution in [1.29, 1.82) is 0 Å². The van der Waals surface area contributed by atoms with Gasteiger partial charge in [-0.1, -0.05) is 12.2 Å². The smallest absolute Gasteiger partial charge is 0.228 e. The maximum absolute atomic E-state index is 12.4. The summed E-state index contributed by atoms with van der Waals surface area (Å²) in [4.78, 5) is 16.5. The largest absolute Gasteiger partial charge is 0.394 e. The van der Waals surface area contributed by atoms with Crippen molar-refractivity contribution < 1.29 is 9.90 Å². The number of hydrogen-bond acceptors (Lipinski definition) is 4. The van der Waals surface area contributed by atoms with E-state index in [0.717, 1.165) is 30.5 Å². The number of allylic oxidation sites excluding steroid dienone is 2. The van der Waals surface area contributed by atoms with E-state index in [0.29, 0.717) is 12.4 Å². The third kappa shape index (κ3) is 3.65. The average Bonchev–Trinajstić information content (AvgIpc) is 2.99. The van der Waals surface area contributed by atoms with E-state index >= 15 is 0 Å². The summed E-state index contributed by atoms with van der Waals surface area (Å²) in [5.41, 5.74) is 1.60. The predicted octanol–water partition coefficient (Wildman–Crippen LogP) is 2.23. The third-order valence-corrected chi connectivity index (χ3v) is 3.94. The highest BCUT2D eigenvalue weighted by molar-refractivity contribution is 5.92. The van der Waals surface area contributed by atoms with Crippen molar-refractivity contribution in [2.75, 3.05) is 11.9 Å². The van der Waals surface area contributed by atoms with E-state index in [1.807, 2.05) is 18.2 Å². The lowest BCUT2D eigenvalue weighted by molar-refractivity contribution is -0.120. The Kier molecular flexibility index (Phi) is 4.83. The maximum Gasteiger partial charge on any atom is 0.228 e. The summed E-state index contributed by atoms with van der Waals surface area (Å²) in [6.45, 7) is 0.295. The minimum absolute atomic E-state index is 0.000631. The molecule has 0 aromatic carbocycles. The van der Waals surface area contributed by atoms with Gasteiger partial charge in [0.05, 0.1) is 18.8 Å². The fraction of sp³-hybridized carbons (Fsp3) is 0.353. The molecule has 6 heteroatoms. The average molecular weight is 312 g/mol. The van der Waals surface area contributed by atoms with Crippen LogP contribution in [0.5, 0.6) is 0 Å². The summed E-state index contributed by atoms with van der Waals surface area (Å²) in [6, 6.07) is 5.58. The number of aliphatic hydroxyl groups is 1. The van der Waals surface area contributed by atoms with Gasteiger partial charge >= 0.3 is 0 Å². The molecule has 1 atom stereocenters. The number of hydrogen-bond donors (Lipinski definition) is 2. The van der Waals surface area contributed by atoms with E-state index in [4.69, 9.17) is 0 Å². The number of nitrogens with zero attached hydrogens (tertiary/aromatic N) is 3. The molecule has 0 saturated carbocycles. The molecule has 0 fully saturated rings. The molecule has 0 spiro atoms. The number of nitrogens with one attached hydrogen (secondary N) is 1. The maximum atomic E-state index is 12.4. The minimum Gasteiger partial charge on any atom is -0.394 e. The highest BCUT2D eigenvalue weighted by atomic mass is 16.3. The lowest BCUT2D eigenvalue weighted by Crippen LogP contribution is -2.25. The number of aromatic nitrogens is 3. The number of aliphatic hydroxyl groups excluding tert-OH is 1. The van der Waals surface area contributed by atoms with Crippen molar-refractivity contribution in [3.8, 4) is 11.3 Å². The van der Waals surface area contributed by atoms with Crippen LogP contribution in [0.1, 0.15) is 19.3 Å². The Hall–Kier alpha value is -2.47. The molecule has 2 aromatic rings. The van der Waals surface area contributed by atoms with Gasteiger partial charge in [0.2, 0.25) is 5.91 Å². The number of carbonyl (C=O) groups excluding carboxylic acids is 1. The summed E-state index contributed by atoms with van der Waals surface area (Å²) in [7, 11) is 0. The molecular formula is C17H20N4O2. The monoisotopic (exact) mass is 312 g/mol. The van der Waals surface area contributed by atoms with Crippen LogP contribution in [0, 0.1) is 5.92 Å². The Morgan fingerprint density at radius 2 is 2.35 bits per heavy atom. The Labute approximate surface area is 134 Å². The SMILES string of the molecule is O=C(Nc1cc(-c2cccnc2)nn1CCO)C1CC=CCC1. The van der Waals surface area contributed by atoms with Gasteiger partial charge in [-0.05, 0) is 31.4 Å². The van der Waals surface area contributed by atoms with Gasteiger partial charge in [0.15, 0.2) is 0 Å². The fourth-order valence-corrected chi connectivity index (χ4v) is 2.70. The molecule has 23 heavy (non-hydrogen) atoms. The van der Waals surface area contributed by atoms with Gasteiger partial charge in [-0.2, -0.15) is 5.10 Å². The van der Waals surface area contributed by atoms with Crippen LogP contribution in [0.25, 0.3) is 11.3 Å². The lowest BCUT2D eigenvalue weighted by atomic mass is 9.94. The number of anilines is 1. The molecular weight excluding hydrogens is 292 g/mol. The highest BCUT2D eigenvalue weighted by Gasteiger charge is 2.20. The highest BCUT2D eigenvalue weighted by Crippen LogP contribution is 2.24. The molecule has 0 radical (unpaired) electrons. The van der Waals surface area contributed by atoms with Crippen LogP contribution in [0.3, 0.4) is 0 Å². The van der Waals surface area contributed by atoms with E-state index < -0.39 is 0 Å². The first-order valence-electron chi connectivity index (χ1n) is 7.83. The van der Waals surface area contributed by atoms with Crippen molar-refractivity contribution in [3.63, 3.8) is 0 Å². The molecule has 120 valence electrons. The quantitative estimate of drug-likeness (QED) is 0.830. The van der Waals surface area contributed by atoms with Crippen molar-refractivity contribution in [3.05, 3.63) is 42.7 Å². The van der Waals surface area contributed by atoms with Crippen LogP contribution in [0.15, 0.2) is 42.7 Å². The van der Waals surface area contributed by atoms with Gasteiger partial charge in [-0.3, -0.25) is 9.78 Å². The predicted molar refractivity (Wildman–Crippen MR) is 87.7 cm³/mol. The topological polar surface area (TPSA) is 80.0 Å². The van der Waals surface area contributed by atoms with Crippen molar-refractivity contribution in [2.45, 2.75) is 25.8 Å². The number of carbonyl (C=O) groups is 1. The first-order valence-corrected chi connectivity index (χ1v) is 7.83. The molecule has 0 saturated heterocycles. The fourth-order valence-electron chi connectivity index (χ4n) is 2.70. The van der Waals surface area contributed by atoms with Gasteiger partial charge in [0.25, 0.3) is 0 Å². The second kappa shape index (κ2) is 7.19. The standard InChI is InChI=1S/C17H20N4O2/c22-10-9-21-16(19-17(23)13-5-2-1-3-6-13)11-15(20-21)14-7-4-8-18-12-14/h1-2,4,7-8,11-13,22H,3,5-6,9-10H2,(H,19,23). The molecule has 2 aromatic heterocycles. The molecule has 2 N–H and O–H groups in total. The third-order valence-electron chi connectivity index (χ3n) is 3.94. The lowest BCUT2D eigenvalue weighted by Gasteiger charge is -2.17. The Balaban J connectivity index is 1.81. The molecule has 6 nitrogen and oxygen atoms in total. The van der Waals surface area contributed by atoms with Crippen LogP contribution in [0.4, 0.5) is 5.82 Å². The van der Waals surface area contributed by atoms with Crippen LogP contribution < -0.4 is 5.32 Å². The Morgan fingerprint density at radius 1 is 1.43 bits per heavy atom. The molecule has 1 amide bonds. The van der Waals surface area contributed by atoms with Crippen LogP contribution >= 0.6 is 0 Å². The molecule has 0 bridgehead atoms. The second-order valence-electron chi connectivity index (χ2n) is 5.57.